The van der Waals surface area contributed by atoms with E-state index in [1.807, 2.05) is 19.1 Å². The SMILES string of the molecule is CC[C@H](C(=O)NC)N(Cc1cccc(OC)c1)C(=O)CCCN(c1ccc(F)cc1)S(C)(=O)=O. The largest absolute Gasteiger partial charge is 0.497 e. The molecule has 0 aliphatic heterocycles. The molecular formula is C24H32FN3O5S. The molecule has 2 aromatic rings. The Bertz CT molecular complexity index is 1080. The molecule has 8 nitrogen and oxygen atoms in total. The molecule has 1 N–H and O–H groups in total. The number of carbonyl (C=O) groups is 2. The Labute approximate surface area is 200 Å². The second kappa shape index (κ2) is 12.4. The molecule has 0 fully saturated rings. The third-order valence-electron chi connectivity index (χ3n) is 5.39. The Kier molecular flexibility index (Phi) is 9.85. The maximum absolute atomic E-state index is 13.3. The molecule has 0 bridgehead atoms. The lowest BCUT2D eigenvalue weighted by molar-refractivity contribution is -0.141. The summed E-state index contributed by atoms with van der Waals surface area (Å²) >= 11 is 0. The van der Waals surface area contributed by atoms with Crippen molar-refractivity contribution in [3.63, 3.8) is 0 Å². The number of likely N-dealkylation sites (N-methyl/N-ethyl adjacent to an activating group) is 1. The van der Waals surface area contributed by atoms with Crippen LogP contribution in [0.3, 0.4) is 0 Å². The summed E-state index contributed by atoms with van der Waals surface area (Å²) in [7, 11) is -0.564. The highest BCUT2D eigenvalue weighted by Gasteiger charge is 2.28. The average molecular weight is 494 g/mol. The zero-order valence-corrected chi connectivity index (χ0v) is 20.8. The highest BCUT2D eigenvalue weighted by atomic mass is 32.2. The van der Waals surface area contributed by atoms with E-state index in [4.69, 9.17) is 4.74 Å². The molecule has 2 aromatic carbocycles. The predicted octanol–water partition coefficient (Wildman–Crippen LogP) is 2.93. The van der Waals surface area contributed by atoms with Gasteiger partial charge < -0.3 is 15.0 Å². The zero-order chi connectivity index (χ0) is 25.3. The summed E-state index contributed by atoms with van der Waals surface area (Å²) in [6, 6.07) is 11.7. The van der Waals surface area contributed by atoms with Gasteiger partial charge in [-0.05, 0) is 54.8 Å². The number of sulfonamides is 1. The summed E-state index contributed by atoms with van der Waals surface area (Å²) in [5.74, 6) is -0.380. The second-order valence-corrected chi connectivity index (χ2v) is 9.73. The first-order valence-electron chi connectivity index (χ1n) is 11.0. The number of hydrogen-bond donors (Lipinski definition) is 1. The van der Waals surface area contributed by atoms with E-state index >= 15 is 0 Å². The Morgan fingerprint density at radius 2 is 1.82 bits per heavy atom. The number of carbonyl (C=O) groups excluding carboxylic acids is 2. The molecule has 34 heavy (non-hydrogen) atoms. The van der Waals surface area contributed by atoms with Crippen molar-refractivity contribution in [2.24, 2.45) is 0 Å². The molecule has 10 heteroatoms. The summed E-state index contributed by atoms with van der Waals surface area (Å²) < 4.78 is 44.2. The van der Waals surface area contributed by atoms with Crippen LogP contribution in [0.1, 0.15) is 31.7 Å². The van der Waals surface area contributed by atoms with Gasteiger partial charge >= 0.3 is 0 Å². The van der Waals surface area contributed by atoms with Gasteiger partial charge in [0.05, 0.1) is 19.1 Å². The Balaban J connectivity index is 2.19. The first-order valence-corrected chi connectivity index (χ1v) is 12.8. The Morgan fingerprint density at radius 1 is 1.15 bits per heavy atom. The molecule has 0 radical (unpaired) electrons. The number of rotatable bonds is 12. The number of anilines is 1. The van der Waals surface area contributed by atoms with Crippen LogP contribution < -0.4 is 14.4 Å². The van der Waals surface area contributed by atoms with Crippen LogP contribution in [0, 0.1) is 5.82 Å². The van der Waals surface area contributed by atoms with Crippen molar-refractivity contribution in [3.8, 4) is 5.75 Å². The lowest BCUT2D eigenvalue weighted by Gasteiger charge is -2.31. The maximum Gasteiger partial charge on any atom is 0.242 e. The van der Waals surface area contributed by atoms with Gasteiger partial charge in [0.2, 0.25) is 21.8 Å². The molecule has 186 valence electrons. The maximum atomic E-state index is 13.3. The van der Waals surface area contributed by atoms with Gasteiger partial charge in [-0.3, -0.25) is 13.9 Å². The molecule has 0 saturated carbocycles. The lowest BCUT2D eigenvalue weighted by atomic mass is 10.1. The summed E-state index contributed by atoms with van der Waals surface area (Å²) in [6.07, 6.45) is 1.74. The van der Waals surface area contributed by atoms with Gasteiger partial charge in [0.15, 0.2) is 0 Å². The molecule has 0 unspecified atom stereocenters. The van der Waals surface area contributed by atoms with Crippen molar-refractivity contribution in [2.75, 3.05) is 31.3 Å². The molecule has 2 amide bonds. The minimum Gasteiger partial charge on any atom is -0.497 e. The van der Waals surface area contributed by atoms with E-state index in [1.54, 1.807) is 19.2 Å². The average Bonchev–Trinajstić information content (AvgIpc) is 2.81. The van der Waals surface area contributed by atoms with Gasteiger partial charge in [0.1, 0.15) is 17.6 Å². The second-order valence-electron chi connectivity index (χ2n) is 7.83. The van der Waals surface area contributed by atoms with Crippen LogP contribution >= 0.6 is 0 Å². The molecule has 2 rings (SSSR count). The molecule has 0 aliphatic carbocycles. The topological polar surface area (TPSA) is 96.0 Å². The fraction of sp³-hybridized carbons (Fsp3) is 0.417. The normalized spacial score (nSPS) is 12.0. The summed E-state index contributed by atoms with van der Waals surface area (Å²) in [5, 5.41) is 2.60. The number of ether oxygens (including phenoxy) is 1. The number of halogens is 1. The van der Waals surface area contributed by atoms with Crippen LogP contribution in [0.15, 0.2) is 48.5 Å². The van der Waals surface area contributed by atoms with Crippen molar-refractivity contribution < 1.29 is 27.1 Å². The monoisotopic (exact) mass is 493 g/mol. The van der Waals surface area contributed by atoms with Crippen LogP contribution in [0.4, 0.5) is 10.1 Å². The molecule has 0 spiro atoms. The summed E-state index contributed by atoms with van der Waals surface area (Å²) in [6.45, 7) is 2.07. The highest BCUT2D eigenvalue weighted by molar-refractivity contribution is 7.92. The highest BCUT2D eigenvalue weighted by Crippen LogP contribution is 2.21. The van der Waals surface area contributed by atoms with Crippen molar-refractivity contribution in [1.82, 2.24) is 10.2 Å². The zero-order valence-electron chi connectivity index (χ0n) is 20.0. The molecule has 0 aromatic heterocycles. The number of hydrogen-bond acceptors (Lipinski definition) is 5. The number of benzene rings is 2. The number of nitrogens with one attached hydrogen (secondary N) is 1. The Hall–Kier alpha value is -3.14. The van der Waals surface area contributed by atoms with Crippen LogP contribution in [0.25, 0.3) is 0 Å². The minimum absolute atomic E-state index is 0.0324. The van der Waals surface area contributed by atoms with Crippen LogP contribution in [0.2, 0.25) is 0 Å². The standard InChI is InChI=1S/C24H32FN3O5S/c1-5-22(24(30)26-2)27(17-18-8-6-9-21(16-18)33-3)23(29)10-7-15-28(34(4,31)32)20-13-11-19(25)12-14-20/h6,8-9,11-14,16,22H,5,7,10,15,17H2,1-4H3,(H,26,30)/t22-/m1/s1. The van der Waals surface area contributed by atoms with Crippen LogP contribution in [-0.2, 0) is 26.2 Å². The molecule has 0 heterocycles. The van der Waals surface area contributed by atoms with Gasteiger partial charge in [-0.15, -0.1) is 0 Å². The third kappa shape index (κ3) is 7.44. The van der Waals surface area contributed by atoms with Crippen molar-refractivity contribution in [1.29, 1.82) is 0 Å². The molecule has 0 aliphatic rings. The van der Waals surface area contributed by atoms with E-state index in [1.165, 1.54) is 36.2 Å². The quantitative estimate of drug-likeness (QED) is 0.491. The fourth-order valence-electron chi connectivity index (χ4n) is 3.66. The van der Waals surface area contributed by atoms with Crippen molar-refractivity contribution in [2.45, 2.75) is 38.8 Å². The van der Waals surface area contributed by atoms with Gasteiger partial charge in [-0.25, -0.2) is 12.8 Å². The summed E-state index contributed by atoms with van der Waals surface area (Å²) in [5.41, 5.74) is 1.13. The van der Waals surface area contributed by atoms with Gasteiger partial charge in [0.25, 0.3) is 0 Å². The third-order valence-corrected chi connectivity index (χ3v) is 6.58. The van der Waals surface area contributed by atoms with Crippen LogP contribution in [-0.4, -0.2) is 58.1 Å². The fourth-order valence-corrected chi connectivity index (χ4v) is 4.63. The smallest absolute Gasteiger partial charge is 0.242 e. The van der Waals surface area contributed by atoms with Gasteiger partial charge in [0, 0.05) is 26.6 Å². The Morgan fingerprint density at radius 3 is 2.38 bits per heavy atom. The predicted molar refractivity (Wildman–Crippen MR) is 130 cm³/mol. The first-order chi connectivity index (χ1) is 16.1. The molecular weight excluding hydrogens is 461 g/mol. The van der Waals surface area contributed by atoms with E-state index in [-0.39, 0.29) is 37.7 Å². The van der Waals surface area contributed by atoms with Gasteiger partial charge in [-0.2, -0.15) is 0 Å². The van der Waals surface area contributed by atoms with Crippen molar-refractivity contribution in [3.05, 3.63) is 59.9 Å². The first kappa shape index (κ1) is 27.1. The number of nitrogens with zero attached hydrogens (tertiary/aromatic N) is 2. The van der Waals surface area contributed by atoms with Gasteiger partial charge in [-0.1, -0.05) is 19.1 Å². The van der Waals surface area contributed by atoms with Crippen LogP contribution in [0.5, 0.6) is 5.75 Å². The minimum atomic E-state index is -3.64. The van der Waals surface area contributed by atoms with E-state index in [0.29, 0.717) is 17.9 Å². The van der Waals surface area contributed by atoms with Crippen molar-refractivity contribution >= 4 is 27.5 Å². The molecule has 1 atom stereocenters. The van der Waals surface area contributed by atoms with E-state index in [2.05, 4.69) is 5.32 Å². The van der Waals surface area contributed by atoms with E-state index in [9.17, 15) is 22.4 Å². The lowest BCUT2D eigenvalue weighted by Crippen LogP contribution is -2.48. The van der Waals surface area contributed by atoms with E-state index < -0.39 is 21.9 Å². The number of amides is 2. The summed E-state index contributed by atoms with van der Waals surface area (Å²) in [4.78, 5) is 27.2. The number of methoxy groups -OCH3 is 1. The molecule has 0 saturated heterocycles. The van der Waals surface area contributed by atoms with E-state index in [0.717, 1.165) is 16.1 Å².